The highest BCUT2D eigenvalue weighted by atomic mass is 32.2. The normalized spacial score (nSPS) is 14.9. The van der Waals surface area contributed by atoms with Crippen LogP contribution in [0.2, 0.25) is 0 Å². The Hall–Kier alpha value is -2.20. The van der Waals surface area contributed by atoms with E-state index < -0.39 is 10.0 Å². The van der Waals surface area contributed by atoms with Crippen molar-refractivity contribution in [1.82, 2.24) is 24.2 Å². The van der Waals surface area contributed by atoms with Gasteiger partial charge in [-0.2, -0.15) is 4.98 Å². The molecule has 1 fully saturated rings. The number of nitrogens with zero attached hydrogens (tertiary/aromatic N) is 5. The fraction of sp³-hybridized carbons (Fsp3) is 0.588. The van der Waals surface area contributed by atoms with E-state index >= 15 is 0 Å². The molecular weight excluding hydrogens is 366 g/mol. The molecule has 1 aliphatic heterocycles. The van der Waals surface area contributed by atoms with E-state index in [4.69, 9.17) is 0 Å². The van der Waals surface area contributed by atoms with Gasteiger partial charge in [0.1, 0.15) is 5.82 Å². The Labute approximate surface area is 160 Å². The van der Waals surface area contributed by atoms with Crippen molar-refractivity contribution in [2.45, 2.75) is 44.7 Å². The highest BCUT2D eigenvalue weighted by Gasteiger charge is 2.18. The Kier molecular flexibility index (Phi) is 5.95. The van der Waals surface area contributed by atoms with Crippen LogP contribution >= 0.6 is 0 Å². The molecule has 3 rings (SSSR count). The fourth-order valence-electron chi connectivity index (χ4n) is 2.91. The molecule has 148 valence electrons. The molecule has 1 aliphatic rings. The van der Waals surface area contributed by atoms with Crippen molar-refractivity contribution >= 4 is 21.8 Å². The molecule has 0 aliphatic carbocycles. The van der Waals surface area contributed by atoms with Crippen LogP contribution < -0.4 is 14.9 Å². The van der Waals surface area contributed by atoms with Crippen molar-refractivity contribution in [3.05, 3.63) is 24.3 Å². The van der Waals surface area contributed by atoms with Crippen LogP contribution in [0, 0.1) is 6.92 Å². The quantitative estimate of drug-likeness (QED) is 0.656. The average molecular weight is 394 g/mol. The summed E-state index contributed by atoms with van der Waals surface area (Å²) in [4.78, 5) is 15.1. The zero-order chi connectivity index (χ0) is 19.4. The summed E-state index contributed by atoms with van der Waals surface area (Å²) >= 11 is 0. The number of aromatic nitrogens is 4. The predicted octanol–water partition coefficient (Wildman–Crippen LogP) is 1.55. The molecule has 0 atom stereocenters. The van der Waals surface area contributed by atoms with Crippen LogP contribution in [0.5, 0.6) is 0 Å². The van der Waals surface area contributed by atoms with E-state index in [1.165, 1.54) is 25.4 Å². The van der Waals surface area contributed by atoms with Crippen molar-refractivity contribution in [2.24, 2.45) is 0 Å². The van der Waals surface area contributed by atoms with Gasteiger partial charge in [-0.05, 0) is 33.6 Å². The molecule has 0 unspecified atom stereocenters. The van der Waals surface area contributed by atoms with Gasteiger partial charge in [0.2, 0.25) is 5.95 Å². The number of nitrogens with one attached hydrogen (secondary N) is 2. The summed E-state index contributed by atoms with van der Waals surface area (Å²) in [5.41, 5.74) is 0.884. The van der Waals surface area contributed by atoms with Crippen LogP contribution in [0.1, 0.15) is 38.4 Å². The molecule has 0 radical (unpaired) electrons. The Morgan fingerprint density at radius 3 is 2.59 bits per heavy atom. The number of hydrogen-bond donors (Lipinski definition) is 2. The van der Waals surface area contributed by atoms with Gasteiger partial charge in [0.05, 0.1) is 6.33 Å². The second kappa shape index (κ2) is 8.22. The first-order valence-electron chi connectivity index (χ1n) is 9.23. The summed E-state index contributed by atoms with van der Waals surface area (Å²) < 4.78 is 28.9. The van der Waals surface area contributed by atoms with Crippen molar-refractivity contribution in [2.75, 3.05) is 36.4 Å². The highest BCUT2D eigenvalue weighted by molar-refractivity contribution is 7.89. The summed E-state index contributed by atoms with van der Waals surface area (Å²) in [5.74, 6) is 1.43. The highest BCUT2D eigenvalue weighted by Crippen LogP contribution is 2.19. The molecule has 27 heavy (non-hydrogen) atoms. The van der Waals surface area contributed by atoms with Crippen LogP contribution in [0.25, 0.3) is 0 Å². The average Bonchev–Trinajstić information content (AvgIpc) is 3.29. The zero-order valence-corrected chi connectivity index (χ0v) is 16.8. The van der Waals surface area contributed by atoms with Gasteiger partial charge in [-0.25, -0.2) is 23.1 Å². The van der Waals surface area contributed by atoms with Gasteiger partial charge in [0, 0.05) is 50.2 Å². The van der Waals surface area contributed by atoms with E-state index in [1.54, 1.807) is 4.57 Å². The van der Waals surface area contributed by atoms with Crippen LogP contribution in [0.4, 0.5) is 11.8 Å². The van der Waals surface area contributed by atoms with Gasteiger partial charge in [-0.3, -0.25) is 0 Å². The van der Waals surface area contributed by atoms with Gasteiger partial charge in [0.15, 0.2) is 5.03 Å². The molecule has 0 spiro atoms. The van der Waals surface area contributed by atoms with Gasteiger partial charge < -0.3 is 14.8 Å². The molecule has 10 heteroatoms. The van der Waals surface area contributed by atoms with E-state index in [0.29, 0.717) is 12.5 Å². The second-order valence-corrected chi connectivity index (χ2v) is 8.68. The summed E-state index contributed by atoms with van der Waals surface area (Å²) in [5, 5.41) is 3.12. The van der Waals surface area contributed by atoms with Crippen molar-refractivity contribution in [3.8, 4) is 0 Å². The lowest BCUT2D eigenvalue weighted by atomic mass is 10.4. The largest absolute Gasteiger partial charge is 0.356 e. The smallest absolute Gasteiger partial charge is 0.259 e. The lowest BCUT2D eigenvalue weighted by Crippen LogP contribution is -2.29. The van der Waals surface area contributed by atoms with Crippen LogP contribution in [-0.4, -0.2) is 54.1 Å². The minimum Gasteiger partial charge on any atom is -0.356 e. The third-order valence-electron chi connectivity index (χ3n) is 4.42. The molecule has 0 saturated carbocycles. The van der Waals surface area contributed by atoms with Gasteiger partial charge in [-0.15, -0.1) is 0 Å². The number of hydrogen-bond acceptors (Lipinski definition) is 7. The Morgan fingerprint density at radius 2 is 1.93 bits per heavy atom. The van der Waals surface area contributed by atoms with Gasteiger partial charge in [-0.1, -0.05) is 0 Å². The molecule has 2 aromatic rings. The standard InChI is InChI=1S/C17H27N7O2S/c1-13(2)24-11-16(19-12-24)27(25,26)20-7-6-18-17-21-14(3)10-15(22-17)23-8-4-5-9-23/h10-13,20H,4-9H2,1-3H3,(H,18,21,22). The maximum absolute atomic E-state index is 12.3. The maximum Gasteiger partial charge on any atom is 0.259 e. The predicted molar refractivity (Wildman–Crippen MR) is 105 cm³/mol. The van der Waals surface area contributed by atoms with Crippen LogP contribution in [-0.2, 0) is 10.0 Å². The van der Waals surface area contributed by atoms with Gasteiger partial charge in [0.25, 0.3) is 10.0 Å². The fourth-order valence-corrected chi connectivity index (χ4v) is 3.88. The minimum atomic E-state index is -3.63. The first-order valence-corrected chi connectivity index (χ1v) is 10.7. The minimum absolute atomic E-state index is 0.0272. The molecular formula is C17H27N7O2S. The molecule has 0 bridgehead atoms. The summed E-state index contributed by atoms with van der Waals surface area (Å²) in [6.07, 6.45) is 5.42. The molecule has 9 nitrogen and oxygen atoms in total. The van der Waals surface area contributed by atoms with Gasteiger partial charge >= 0.3 is 0 Å². The molecule has 2 aromatic heterocycles. The number of anilines is 2. The summed E-state index contributed by atoms with van der Waals surface area (Å²) in [7, 11) is -3.63. The lowest BCUT2D eigenvalue weighted by molar-refractivity contribution is 0.577. The molecule has 2 N–H and O–H groups in total. The first-order chi connectivity index (χ1) is 12.8. The van der Waals surface area contributed by atoms with E-state index in [1.807, 2.05) is 26.8 Å². The lowest BCUT2D eigenvalue weighted by Gasteiger charge is -2.17. The Balaban J connectivity index is 1.55. The third-order valence-corrected chi connectivity index (χ3v) is 5.77. The molecule has 3 heterocycles. The number of imidazole rings is 1. The number of sulfonamides is 1. The van der Waals surface area contributed by atoms with Crippen molar-refractivity contribution in [1.29, 1.82) is 0 Å². The molecule has 1 saturated heterocycles. The summed E-state index contributed by atoms with van der Waals surface area (Å²) in [6, 6.07) is 2.14. The monoisotopic (exact) mass is 393 g/mol. The summed E-state index contributed by atoms with van der Waals surface area (Å²) in [6.45, 7) is 8.49. The number of rotatable bonds is 8. The van der Waals surface area contributed by atoms with E-state index in [9.17, 15) is 8.42 Å². The first kappa shape index (κ1) is 19.6. The maximum atomic E-state index is 12.3. The van der Waals surface area contributed by atoms with Crippen molar-refractivity contribution < 1.29 is 8.42 Å². The van der Waals surface area contributed by atoms with Crippen LogP contribution in [0.3, 0.4) is 0 Å². The third kappa shape index (κ3) is 4.95. The number of aryl methyl sites for hydroxylation is 1. The second-order valence-electron chi connectivity index (χ2n) is 6.96. The molecule has 0 amide bonds. The zero-order valence-electron chi connectivity index (χ0n) is 16.0. The van der Waals surface area contributed by atoms with Crippen LogP contribution in [0.15, 0.2) is 23.6 Å². The van der Waals surface area contributed by atoms with E-state index in [2.05, 4.69) is 29.9 Å². The Morgan fingerprint density at radius 1 is 1.19 bits per heavy atom. The van der Waals surface area contributed by atoms with Crippen molar-refractivity contribution in [3.63, 3.8) is 0 Å². The van der Waals surface area contributed by atoms with E-state index in [0.717, 1.165) is 24.6 Å². The molecule has 0 aromatic carbocycles. The topological polar surface area (TPSA) is 105 Å². The SMILES string of the molecule is Cc1cc(N2CCCC2)nc(NCCNS(=O)(=O)c2cn(C(C)C)cn2)n1. The van der Waals surface area contributed by atoms with E-state index in [-0.39, 0.29) is 17.6 Å². The Bertz CT molecular complexity index is 873.